The summed E-state index contributed by atoms with van der Waals surface area (Å²) in [5.74, 6) is 0.720. The van der Waals surface area contributed by atoms with E-state index >= 15 is 0 Å². The molecule has 1 heterocycles. The van der Waals surface area contributed by atoms with Crippen LogP contribution in [0.2, 0.25) is 0 Å². The van der Waals surface area contributed by atoms with Crippen molar-refractivity contribution in [2.24, 2.45) is 0 Å². The highest BCUT2D eigenvalue weighted by Gasteiger charge is 2.04. The highest BCUT2D eigenvalue weighted by molar-refractivity contribution is 5.89. The van der Waals surface area contributed by atoms with Crippen LogP contribution in [0.3, 0.4) is 0 Å². The zero-order valence-corrected chi connectivity index (χ0v) is 13.9. The Morgan fingerprint density at radius 3 is 2.22 bits per heavy atom. The van der Waals surface area contributed by atoms with Crippen molar-refractivity contribution in [3.8, 4) is 0 Å². The molecule has 0 aliphatic carbocycles. The number of hydrogen-bond donors (Lipinski definition) is 3. The molecule has 2 aromatic rings. The molecule has 0 spiro atoms. The van der Waals surface area contributed by atoms with E-state index in [9.17, 15) is 4.79 Å². The molecule has 23 heavy (non-hydrogen) atoms. The first-order chi connectivity index (χ1) is 10.9. The molecule has 0 saturated heterocycles. The van der Waals surface area contributed by atoms with Crippen molar-refractivity contribution in [3.63, 3.8) is 0 Å². The second kappa shape index (κ2) is 7.49. The lowest BCUT2D eigenvalue weighted by Crippen LogP contribution is -2.34. The summed E-state index contributed by atoms with van der Waals surface area (Å²) in [4.78, 5) is 18.0. The summed E-state index contributed by atoms with van der Waals surface area (Å²) in [6, 6.07) is 11.6. The van der Waals surface area contributed by atoms with E-state index < -0.39 is 0 Å². The first kappa shape index (κ1) is 16.6. The summed E-state index contributed by atoms with van der Waals surface area (Å²) >= 11 is 0. The van der Waals surface area contributed by atoms with Gasteiger partial charge in [-0.3, -0.25) is 0 Å². The van der Waals surface area contributed by atoms with Gasteiger partial charge in [-0.25, -0.2) is 9.78 Å². The molecular formula is C17H23N5O. The molecule has 6 nitrogen and oxygen atoms in total. The Kier molecular flexibility index (Phi) is 5.41. The summed E-state index contributed by atoms with van der Waals surface area (Å²) in [7, 11) is 4.01. The smallest absolute Gasteiger partial charge is 0.319 e. The number of anilines is 4. The van der Waals surface area contributed by atoms with Gasteiger partial charge in [0.15, 0.2) is 0 Å². The molecule has 1 aromatic heterocycles. The Bertz CT molecular complexity index is 635. The van der Waals surface area contributed by atoms with Crippen molar-refractivity contribution in [2.75, 3.05) is 29.6 Å². The minimum absolute atomic E-state index is 0.0917. The molecule has 0 aliphatic heterocycles. The lowest BCUT2D eigenvalue weighted by Gasteiger charge is -2.13. The standard InChI is InChI=1S/C17H23N5O/c1-12(2)19-17(23)21-14-7-10-16(18-11-14)20-13-5-8-15(9-6-13)22(3)4/h5-12H,1-4H3,(H,18,20)(H2,19,21,23). The van der Waals surface area contributed by atoms with Gasteiger partial charge in [0.05, 0.1) is 11.9 Å². The Balaban J connectivity index is 1.95. The molecule has 2 rings (SSSR count). The number of amides is 2. The van der Waals surface area contributed by atoms with Gasteiger partial charge in [-0.2, -0.15) is 0 Å². The molecule has 122 valence electrons. The zero-order valence-electron chi connectivity index (χ0n) is 13.9. The second-order valence-electron chi connectivity index (χ2n) is 5.75. The van der Waals surface area contributed by atoms with E-state index in [1.54, 1.807) is 6.20 Å². The number of carbonyl (C=O) groups excluding carboxylic acids is 1. The lowest BCUT2D eigenvalue weighted by atomic mass is 10.2. The topological polar surface area (TPSA) is 69.3 Å². The molecular weight excluding hydrogens is 290 g/mol. The number of rotatable bonds is 5. The summed E-state index contributed by atoms with van der Waals surface area (Å²) in [6.07, 6.45) is 1.62. The van der Waals surface area contributed by atoms with Crippen LogP contribution in [0.5, 0.6) is 0 Å². The van der Waals surface area contributed by atoms with E-state index in [0.29, 0.717) is 5.69 Å². The first-order valence-electron chi connectivity index (χ1n) is 7.52. The number of benzene rings is 1. The average molecular weight is 313 g/mol. The van der Waals surface area contributed by atoms with Crippen molar-refractivity contribution < 1.29 is 4.79 Å². The molecule has 6 heteroatoms. The van der Waals surface area contributed by atoms with Gasteiger partial charge < -0.3 is 20.9 Å². The normalized spacial score (nSPS) is 10.3. The molecule has 0 atom stereocenters. The fraction of sp³-hybridized carbons (Fsp3) is 0.294. The van der Waals surface area contributed by atoms with Crippen LogP contribution < -0.4 is 20.9 Å². The van der Waals surface area contributed by atoms with E-state index in [2.05, 4.69) is 20.9 Å². The Morgan fingerprint density at radius 1 is 1.04 bits per heavy atom. The lowest BCUT2D eigenvalue weighted by molar-refractivity contribution is 0.250. The Labute approximate surface area is 136 Å². The molecule has 1 aromatic carbocycles. The summed E-state index contributed by atoms with van der Waals surface area (Å²) in [5.41, 5.74) is 2.75. The third-order valence-corrected chi connectivity index (χ3v) is 3.10. The largest absolute Gasteiger partial charge is 0.378 e. The fourth-order valence-electron chi connectivity index (χ4n) is 1.96. The van der Waals surface area contributed by atoms with Gasteiger partial charge in [-0.05, 0) is 50.2 Å². The van der Waals surface area contributed by atoms with Crippen molar-refractivity contribution in [1.82, 2.24) is 10.3 Å². The van der Waals surface area contributed by atoms with E-state index in [-0.39, 0.29) is 12.1 Å². The maximum absolute atomic E-state index is 11.6. The summed E-state index contributed by atoms with van der Waals surface area (Å²) < 4.78 is 0. The van der Waals surface area contributed by atoms with Gasteiger partial charge >= 0.3 is 6.03 Å². The van der Waals surface area contributed by atoms with Crippen molar-refractivity contribution in [1.29, 1.82) is 0 Å². The van der Waals surface area contributed by atoms with Crippen LogP contribution in [-0.4, -0.2) is 31.2 Å². The number of aromatic nitrogens is 1. The minimum Gasteiger partial charge on any atom is -0.378 e. The maximum atomic E-state index is 11.6. The second-order valence-corrected chi connectivity index (χ2v) is 5.75. The first-order valence-corrected chi connectivity index (χ1v) is 7.52. The van der Waals surface area contributed by atoms with Gasteiger partial charge in [0.1, 0.15) is 5.82 Å². The van der Waals surface area contributed by atoms with Crippen LogP contribution in [0.1, 0.15) is 13.8 Å². The highest BCUT2D eigenvalue weighted by Crippen LogP contribution is 2.19. The van der Waals surface area contributed by atoms with Crippen LogP contribution in [0.25, 0.3) is 0 Å². The average Bonchev–Trinajstić information content (AvgIpc) is 2.49. The predicted octanol–water partition coefficient (Wildman–Crippen LogP) is 3.42. The molecule has 0 aliphatic rings. The molecule has 2 amide bonds. The van der Waals surface area contributed by atoms with Gasteiger partial charge in [0, 0.05) is 31.5 Å². The van der Waals surface area contributed by atoms with Crippen molar-refractivity contribution in [3.05, 3.63) is 42.6 Å². The van der Waals surface area contributed by atoms with Gasteiger partial charge in [0.2, 0.25) is 0 Å². The van der Waals surface area contributed by atoms with Crippen molar-refractivity contribution in [2.45, 2.75) is 19.9 Å². The van der Waals surface area contributed by atoms with Crippen molar-refractivity contribution >= 4 is 28.9 Å². The number of hydrogen-bond acceptors (Lipinski definition) is 4. The Hall–Kier alpha value is -2.76. The number of nitrogens with zero attached hydrogens (tertiary/aromatic N) is 2. The predicted molar refractivity (Wildman–Crippen MR) is 95.6 cm³/mol. The minimum atomic E-state index is -0.234. The number of urea groups is 1. The van der Waals surface area contributed by atoms with Gasteiger partial charge in [-0.15, -0.1) is 0 Å². The van der Waals surface area contributed by atoms with Crippen LogP contribution >= 0.6 is 0 Å². The number of pyridine rings is 1. The highest BCUT2D eigenvalue weighted by atomic mass is 16.2. The monoisotopic (exact) mass is 313 g/mol. The molecule has 0 saturated carbocycles. The van der Waals surface area contributed by atoms with Crippen LogP contribution in [0.15, 0.2) is 42.6 Å². The number of carbonyl (C=O) groups is 1. The summed E-state index contributed by atoms with van der Waals surface area (Å²) in [6.45, 7) is 3.82. The number of nitrogens with one attached hydrogen (secondary N) is 3. The van der Waals surface area contributed by atoms with E-state index in [1.165, 1.54) is 0 Å². The van der Waals surface area contributed by atoms with Crippen LogP contribution in [0, 0.1) is 0 Å². The van der Waals surface area contributed by atoms with Crippen LogP contribution in [-0.2, 0) is 0 Å². The quantitative estimate of drug-likeness (QED) is 0.791. The summed E-state index contributed by atoms with van der Waals surface area (Å²) in [5, 5.41) is 8.73. The fourth-order valence-corrected chi connectivity index (χ4v) is 1.96. The molecule has 0 fully saturated rings. The van der Waals surface area contributed by atoms with Gasteiger partial charge in [-0.1, -0.05) is 0 Å². The molecule has 0 unspecified atom stereocenters. The molecule has 3 N–H and O–H groups in total. The zero-order chi connectivity index (χ0) is 16.8. The van der Waals surface area contributed by atoms with Crippen LogP contribution in [0.4, 0.5) is 27.7 Å². The van der Waals surface area contributed by atoms with Gasteiger partial charge in [0.25, 0.3) is 0 Å². The SMILES string of the molecule is CC(C)NC(=O)Nc1ccc(Nc2ccc(N(C)C)cc2)nc1. The third kappa shape index (κ3) is 5.18. The molecule has 0 bridgehead atoms. The molecule has 0 radical (unpaired) electrons. The van der Waals surface area contributed by atoms with E-state index in [4.69, 9.17) is 0 Å². The Morgan fingerprint density at radius 2 is 1.70 bits per heavy atom. The third-order valence-electron chi connectivity index (χ3n) is 3.10. The van der Waals surface area contributed by atoms with E-state index in [0.717, 1.165) is 17.2 Å². The van der Waals surface area contributed by atoms with E-state index in [1.807, 2.05) is 69.2 Å². The maximum Gasteiger partial charge on any atom is 0.319 e.